The first-order valence-corrected chi connectivity index (χ1v) is 6.26. The number of hydrogen-bond acceptors (Lipinski definition) is 2. The van der Waals surface area contributed by atoms with Crippen LogP contribution in [0, 0.1) is 11.8 Å². The molecule has 2 nitrogen and oxygen atoms in total. The maximum absolute atomic E-state index is 11.3. The third-order valence-electron chi connectivity index (χ3n) is 3.56. The van der Waals surface area contributed by atoms with Crippen molar-refractivity contribution >= 4 is 5.78 Å². The van der Waals surface area contributed by atoms with Gasteiger partial charge in [-0.1, -0.05) is 20.8 Å². The van der Waals surface area contributed by atoms with Gasteiger partial charge >= 0.3 is 0 Å². The number of carbonyl (C=O) groups excluding carboxylic acids is 1. The maximum Gasteiger partial charge on any atom is 0.158 e. The monoisotopic (exact) mass is 212 g/mol. The van der Waals surface area contributed by atoms with Crippen molar-refractivity contribution in [3.05, 3.63) is 0 Å². The first-order chi connectivity index (χ1) is 7.13. The summed E-state index contributed by atoms with van der Waals surface area (Å²) in [4.78, 5) is 11.3. The maximum atomic E-state index is 11.3. The van der Waals surface area contributed by atoms with Crippen LogP contribution in [-0.2, 0) is 9.53 Å². The first-order valence-electron chi connectivity index (χ1n) is 6.26. The number of carbonyl (C=O) groups is 1. The third kappa shape index (κ3) is 4.33. The fraction of sp³-hybridized carbons (Fsp3) is 0.923. The molecule has 1 aliphatic carbocycles. The number of Topliss-reactive ketones (excluding diaryl/α,β-unsaturated/α-hetero) is 1. The van der Waals surface area contributed by atoms with Crippen LogP contribution in [-0.4, -0.2) is 18.5 Å². The lowest BCUT2D eigenvalue weighted by Gasteiger charge is -2.31. The summed E-state index contributed by atoms with van der Waals surface area (Å²) < 4.78 is 5.67. The van der Waals surface area contributed by atoms with E-state index in [1.807, 2.05) is 6.92 Å². The molecular weight excluding hydrogens is 188 g/mol. The molecule has 1 fully saturated rings. The summed E-state index contributed by atoms with van der Waals surface area (Å²) in [5.41, 5.74) is 0. The minimum absolute atomic E-state index is 0.253. The molecule has 0 aliphatic heterocycles. The van der Waals surface area contributed by atoms with E-state index in [1.165, 1.54) is 6.42 Å². The van der Waals surface area contributed by atoms with Crippen molar-refractivity contribution in [3.8, 4) is 0 Å². The van der Waals surface area contributed by atoms with E-state index in [0.29, 0.717) is 19.1 Å². The molecule has 0 aromatic heterocycles. The molecule has 15 heavy (non-hydrogen) atoms. The molecule has 0 heterocycles. The topological polar surface area (TPSA) is 26.3 Å². The van der Waals surface area contributed by atoms with Gasteiger partial charge in [0.15, 0.2) is 5.78 Å². The summed E-state index contributed by atoms with van der Waals surface area (Å²) in [6.45, 7) is 6.96. The third-order valence-corrected chi connectivity index (χ3v) is 3.56. The highest BCUT2D eigenvalue weighted by Gasteiger charge is 2.25. The summed E-state index contributed by atoms with van der Waals surface area (Å²) in [6.07, 6.45) is 5.43. The molecule has 0 N–H and O–H groups in total. The predicted octanol–water partition coefficient (Wildman–Crippen LogP) is 3.20. The van der Waals surface area contributed by atoms with Crippen molar-refractivity contribution < 1.29 is 9.53 Å². The van der Waals surface area contributed by atoms with Crippen LogP contribution in [0.25, 0.3) is 0 Å². The smallest absolute Gasteiger partial charge is 0.158 e. The van der Waals surface area contributed by atoms with E-state index in [-0.39, 0.29) is 5.78 Å². The minimum Gasteiger partial charge on any atom is -0.370 e. The second kappa shape index (κ2) is 6.26. The van der Waals surface area contributed by atoms with Gasteiger partial charge in [-0.05, 0) is 37.5 Å². The second-order valence-corrected chi connectivity index (χ2v) is 4.99. The highest BCUT2D eigenvalue weighted by Crippen LogP contribution is 2.30. The molecule has 0 aromatic carbocycles. The Balaban J connectivity index is 2.19. The molecule has 1 saturated carbocycles. The Labute approximate surface area is 93.4 Å². The van der Waals surface area contributed by atoms with Gasteiger partial charge in [0, 0.05) is 6.42 Å². The molecule has 0 bridgehead atoms. The highest BCUT2D eigenvalue weighted by atomic mass is 16.5. The molecule has 1 aliphatic rings. The first kappa shape index (κ1) is 12.7. The number of ether oxygens (including phenoxy) is 1. The Kier molecular flexibility index (Phi) is 5.30. The van der Waals surface area contributed by atoms with E-state index in [0.717, 1.165) is 31.1 Å². The molecule has 0 radical (unpaired) electrons. The lowest BCUT2D eigenvalue weighted by molar-refractivity contribution is -0.126. The van der Waals surface area contributed by atoms with Gasteiger partial charge in [0.25, 0.3) is 0 Å². The normalized spacial score (nSPS) is 31.5. The number of hydrogen-bond donors (Lipinski definition) is 0. The molecule has 1 rings (SSSR count). The zero-order chi connectivity index (χ0) is 11.3. The largest absolute Gasteiger partial charge is 0.370 e. The van der Waals surface area contributed by atoms with Crippen LogP contribution < -0.4 is 0 Å². The molecule has 0 aromatic rings. The van der Waals surface area contributed by atoms with Gasteiger partial charge in [0.05, 0.1) is 6.10 Å². The Hall–Kier alpha value is -0.370. The van der Waals surface area contributed by atoms with Gasteiger partial charge in [0.2, 0.25) is 0 Å². The zero-order valence-electron chi connectivity index (χ0n) is 10.3. The van der Waals surface area contributed by atoms with Crippen LogP contribution in [0.1, 0.15) is 52.9 Å². The molecule has 3 unspecified atom stereocenters. The number of rotatable bonds is 5. The lowest BCUT2D eigenvalue weighted by Crippen LogP contribution is -2.28. The molecule has 88 valence electrons. The molecule has 2 heteroatoms. The van der Waals surface area contributed by atoms with Gasteiger partial charge < -0.3 is 4.74 Å². The van der Waals surface area contributed by atoms with Crippen molar-refractivity contribution in [2.45, 2.75) is 59.0 Å². The van der Waals surface area contributed by atoms with Crippen LogP contribution in [0.2, 0.25) is 0 Å². The average Bonchev–Trinajstić information content (AvgIpc) is 2.20. The van der Waals surface area contributed by atoms with E-state index in [2.05, 4.69) is 13.8 Å². The van der Waals surface area contributed by atoms with Gasteiger partial charge in [-0.3, -0.25) is 4.79 Å². The fourth-order valence-electron chi connectivity index (χ4n) is 2.21. The Bertz CT molecular complexity index is 201. The average molecular weight is 212 g/mol. The van der Waals surface area contributed by atoms with Crippen molar-refractivity contribution in [1.29, 1.82) is 0 Å². The van der Waals surface area contributed by atoms with Gasteiger partial charge in [-0.15, -0.1) is 0 Å². The Morgan fingerprint density at radius 3 is 2.60 bits per heavy atom. The quantitative estimate of drug-likeness (QED) is 0.699. The summed E-state index contributed by atoms with van der Waals surface area (Å²) in [5, 5.41) is 0. The molecule has 3 atom stereocenters. The lowest BCUT2D eigenvalue weighted by atomic mass is 9.80. The van der Waals surface area contributed by atoms with Crippen LogP contribution in [0.4, 0.5) is 0 Å². The SMILES string of the molecule is CCCC(=O)COC1CCC(C)C(C)C1. The van der Waals surface area contributed by atoms with Crippen LogP contribution >= 0.6 is 0 Å². The van der Waals surface area contributed by atoms with Gasteiger partial charge in [-0.2, -0.15) is 0 Å². The minimum atomic E-state index is 0.253. The standard InChI is InChI=1S/C13H24O2/c1-4-5-12(14)9-15-13-7-6-10(2)11(3)8-13/h10-11,13H,4-9H2,1-3H3. The van der Waals surface area contributed by atoms with Gasteiger partial charge in [-0.25, -0.2) is 0 Å². The number of ketones is 1. The van der Waals surface area contributed by atoms with Gasteiger partial charge in [0.1, 0.15) is 6.61 Å². The van der Waals surface area contributed by atoms with E-state index >= 15 is 0 Å². The van der Waals surface area contributed by atoms with E-state index in [1.54, 1.807) is 0 Å². The van der Waals surface area contributed by atoms with Crippen LogP contribution in [0.5, 0.6) is 0 Å². The summed E-state index contributed by atoms with van der Waals surface area (Å²) in [7, 11) is 0. The molecule has 0 saturated heterocycles. The van der Waals surface area contributed by atoms with Crippen molar-refractivity contribution in [3.63, 3.8) is 0 Å². The molecular formula is C13H24O2. The van der Waals surface area contributed by atoms with E-state index < -0.39 is 0 Å². The van der Waals surface area contributed by atoms with Crippen molar-refractivity contribution in [1.82, 2.24) is 0 Å². The Morgan fingerprint density at radius 1 is 1.27 bits per heavy atom. The van der Waals surface area contributed by atoms with E-state index in [4.69, 9.17) is 4.74 Å². The summed E-state index contributed by atoms with van der Waals surface area (Å²) in [6, 6.07) is 0. The highest BCUT2D eigenvalue weighted by molar-refractivity contribution is 5.79. The van der Waals surface area contributed by atoms with Crippen LogP contribution in [0.3, 0.4) is 0 Å². The fourth-order valence-corrected chi connectivity index (χ4v) is 2.21. The molecule has 0 amide bonds. The Morgan fingerprint density at radius 2 is 2.00 bits per heavy atom. The summed E-state index contributed by atoms with van der Waals surface area (Å²) >= 11 is 0. The van der Waals surface area contributed by atoms with E-state index in [9.17, 15) is 4.79 Å². The predicted molar refractivity (Wildman–Crippen MR) is 61.8 cm³/mol. The molecule has 0 spiro atoms. The van der Waals surface area contributed by atoms with Crippen LogP contribution in [0.15, 0.2) is 0 Å². The second-order valence-electron chi connectivity index (χ2n) is 4.99. The van der Waals surface area contributed by atoms with Crippen molar-refractivity contribution in [2.24, 2.45) is 11.8 Å². The zero-order valence-corrected chi connectivity index (χ0v) is 10.3. The summed E-state index contributed by atoms with van der Waals surface area (Å²) in [5.74, 6) is 1.81. The van der Waals surface area contributed by atoms with Crippen molar-refractivity contribution in [2.75, 3.05) is 6.61 Å².